The summed E-state index contributed by atoms with van der Waals surface area (Å²) < 4.78 is 15.1. The largest absolute Gasteiger partial charge is 0.368 e. The molecule has 30 heavy (non-hydrogen) atoms. The lowest BCUT2D eigenvalue weighted by atomic mass is 9.98. The summed E-state index contributed by atoms with van der Waals surface area (Å²) in [7, 11) is 0. The Balaban J connectivity index is 1.53. The van der Waals surface area contributed by atoms with Crippen LogP contribution in [0.1, 0.15) is 5.56 Å². The molecule has 0 radical (unpaired) electrons. The number of pyridine rings is 2. The lowest BCUT2D eigenvalue weighted by molar-refractivity contribution is 0.618. The predicted molar refractivity (Wildman–Crippen MR) is 113 cm³/mol. The number of imidazole rings is 1. The Hall–Kier alpha value is -4.07. The molecule has 7 nitrogen and oxygen atoms in total. The van der Waals surface area contributed by atoms with Gasteiger partial charge in [0.15, 0.2) is 11.5 Å². The summed E-state index contributed by atoms with van der Waals surface area (Å²) in [5, 5.41) is 3.29. The standard InChI is InChI=1S/C22H17FN6O/c23-16-6-7-17-10-15(8-9-24-20-19-21(26-12-25-19)28-13-27-20)18(22(30)29(17)11-16)14-4-2-1-3-5-14/h1-7,10-13H,8-9H2,(H2,24,25,26,27,28). The van der Waals surface area contributed by atoms with Gasteiger partial charge in [-0.3, -0.25) is 9.20 Å². The van der Waals surface area contributed by atoms with Crippen molar-refractivity contribution in [3.05, 3.63) is 89.1 Å². The van der Waals surface area contributed by atoms with E-state index in [-0.39, 0.29) is 5.56 Å². The first-order chi connectivity index (χ1) is 14.7. The first-order valence-corrected chi connectivity index (χ1v) is 9.48. The molecule has 0 spiro atoms. The second-order valence-electron chi connectivity index (χ2n) is 6.86. The number of nitrogens with zero attached hydrogens (tertiary/aromatic N) is 4. The van der Waals surface area contributed by atoms with E-state index in [1.165, 1.54) is 23.0 Å². The molecule has 0 atom stereocenters. The Morgan fingerprint density at radius 1 is 1.07 bits per heavy atom. The van der Waals surface area contributed by atoms with Crippen LogP contribution in [0.15, 0.2) is 72.2 Å². The van der Waals surface area contributed by atoms with Gasteiger partial charge in [0.2, 0.25) is 0 Å². The van der Waals surface area contributed by atoms with Gasteiger partial charge in [-0.2, -0.15) is 0 Å². The molecule has 2 N–H and O–H groups in total. The van der Waals surface area contributed by atoms with Gasteiger partial charge in [0.05, 0.1) is 11.9 Å². The van der Waals surface area contributed by atoms with Crippen LogP contribution >= 0.6 is 0 Å². The van der Waals surface area contributed by atoms with E-state index in [1.807, 2.05) is 36.4 Å². The fourth-order valence-corrected chi connectivity index (χ4v) is 3.61. The van der Waals surface area contributed by atoms with Gasteiger partial charge in [-0.1, -0.05) is 30.3 Å². The van der Waals surface area contributed by atoms with Crippen molar-refractivity contribution in [1.82, 2.24) is 24.3 Å². The maximum absolute atomic E-state index is 13.8. The van der Waals surface area contributed by atoms with E-state index in [0.29, 0.717) is 35.5 Å². The summed E-state index contributed by atoms with van der Waals surface area (Å²) in [4.78, 5) is 28.7. The quantitative estimate of drug-likeness (QED) is 0.472. The summed E-state index contributed by atoms with van der Waals surface area (Å²) in [5.74, 6) is 0.198. The first kappa shape index (κ1) is 18.0. The fraction of sp³-hybridized carbons (Fsp3) is 0.0909. The number of nitrogens with one attached hydrogen (secondary N) is 2. The average molecular weight is 400 g/mol. The van der Waals surface area contributed by atoms with Gasteiger partial charge in [0, 0.05) is 18.3 Å². The molecule has 0 aliphatic heterocycles. The Labute approximate surface area is 170 Å². The van der Waals surface area contributed by atoms with E-state index in [1.54, 1.807) is 12.4 Å². The zero-order valence-corrected chi connectivity index (χ0v) is 15.8. The van der Waals surface area contributed by atoms with E-state index in [0.717, 1.165) is 16.6 Å². The smallest absolute Gasteiger partial charge is 0.263 e. The zero-order valence-electron chi connectivity index (χ0n) is 15.8. The lowest BCUT2D eigenvalue weighted by Gasteiger charge is -2.13. The molecule has 0 amide bonds. The Kier molecular flexibility index (Phi) is 4.44. The second kappa shape index (κ2) is 7.40. The van der Waals surface area contributed by atoms with Crippen molar-refractivity contribution in [1.29, 1.82) is 0 Å². The molecular weight excluding hydrogens is 383 g/mol. The van der Waals surface area contributed by atoms with Crippen LogP contribution in [0.25, 0.3) is 27.8 Å². The minimum absolute atomic E-state index is 0.244. The molecule has 148 valence electrons. The summed E-state index contributed by atoms with van der Waals surface area (Å²) in [6, 6.07) is 14.3. The molecule has 8 heteroatoms. The zero-order chi connectivity index (χ0) is 20.5. The third-order valence-corrected chi connectivity index (χ3v) is 4.99. The number of H-pyrrole nitrogens is 1. The van der Waals surface area contributed by atoms with Gasteiger partial charge < -0.3 is 10.3 Å². The molecule has 4 aromatic heterocycles. The fourth-order valence-electron chi connectivity index (χ4n) is 3.61. The first-order valence-electron chi connectivity index (χ1n) is 9.48. The van der Waals surface area contributed by atoms with Gasteiger partial charge in [0.1, 0.15) is 17.7 Å². The van der Waals surface area contributed by atoms with Crippen molar-refractivity contribution >= 4 is 22.5 Å². The minimum Gasteiger partial charge on any atom is -0.368 e. The highest BCUT2D eigenvalue weighted by atomic mass is 19.1. The van der Waals surface area contributed by atoms with Crippen LogP contribution in [-0.4, -0.2) is 30.9 Å². The van der Waals surface area contributed by atoms with Gasteiger partial charge >= 0.3 is 0 Å². The maximum atomic E-state index is 13.8. The molecule has 0 fully saturated rings. The van der Waals surface area contributed by atoms with Crippen LogP contribution in [-0.2, 0) is 6.42 Å². The number of aromatic nitrogens is 5. The van der Waals surface area contributed by atoms with Crippen molar-refractivity contribution in [3.63, 3.8) is 0 Å². The summed E-state index contributed by atoms with van der Waals surface area (Å²) in [6.45, 7) is 0.543. The van der Waals surface area contributed by atoms with Crippen LogP contribution in [0.3, 0.4) is 0 Å². The number of benzene rings is 1. The summed E-state index contributed by atoms with van der Waals surface area (Å²) >= 11 is 0. The highest BCUT2D eigenvalue weighted by Crippen LogP contribution is 2.23. The molecule has 0 aliphatic carbocycles. The van der Waals surface area contributed by atoms with Crippen molar-refractivity contribution in [2.24, 2.45) is 0 Å². The van der Waals surface area contributed by atoms with Crippen LogP contribution in [0.4, 0.5) is 10.2 Å². The second-order valence-corrected chi connectivity index (χ2v) is 6.86. The number of aromatic amines is 1. The number of hydrogen-bond donors (Lipinski definition) is 2. The van der Waals surface area contributed by atoms with E-state index in [9.17, 15) is 9.18 Å². The third kappa shape index (κ3) is 3.18. The SMILES string of the molecule is O=c1c(-c2ccccc2)c(CCNc2ncnc3nc[nH]c23)cc2ccc(F)cn12. The topological polar surface area (TPSA) is 88.0 Å². The molecule has 0 bridgehead atoms. The summed E-state index contributed by atoms with van der Waals surface area (Å²) in [5.41, 5.74) is 3.96. The van der Waals surface area contributed by atoms with Crippen LogP contribution in [0.5, 0.6) is 0 Å². The van der Waals surface area contributed by atoms with Gasteiger partial charge in [0.25, 0.3) is 5.56 Å². The van der Waals surface area contributed by atoms with Gasteiger partial charge in [-0.05, 0) is 35.7 Å². The Bertz CT molecular complexity index is 1410. The molecule has 0 saturated carbocycles. The molecule has 0 saturated heterocycles. The van der Waals surface area contributed by atoms with Crippen molar-refractivity contribution in [3.8, 4) is 11.1 Å². The average Bonchev–Trinajstić information content (AvgIpc) is 3.25. The highest BCUT2D eigenvalue weighted by molar-refractivity contribution is 5.82. The molecule has 0 unspecified atom stereocenters. The van der Waals surface area contributed by atoms with E-state index < -0.39 is 5.82 Å². The van der Waals surface area contributed by atoms with Crippen molar-refractivity contribution in [2.75, 3.05) is 11.9 Å². The van der Waals surface area contributed by atoms with Crippen LogP contribution in [0, 0.1) is 5.82 Å². The third-order valence-electron chi connectivity index (χ3n) is 4.99. The molecule has 5 aromatic rings. The predicted octanol–water partition coefficient (Wildman–Crippen LogP) is 3.43. The Morgan fingerprint density at radius 3 is 2.80 bits per heavy atom. The molecule has 1 aromatic carbocycles. The van der Waals surface area contributed by atoms with E-state index in [4.69, 9.17) is 0 Å². The molecule has 4 heterocycles. The number of anilines is 1. The summed E-state index contributed by atoms with van der Waals surface area (Å²) in [6.07, 6.45) is 4.83. The van der Waals surface area contributed by atoms with Gasteiger partial charge in [-0.15, -0.1) is 0 Å². The van der Waals surface area contributed by atoms with Crippen molar-refractivity contribution in [2.45, 2.75) is 6.42 Å². The number of rotatable bonds is 5. The van der Waals surface area contributed by atoms with Crippen molar-refractivity contribution < 1.29 is 4.39 Å². The van der Waals surface area contributed by atoms with E-state index >= 15 is 0 Å². The van der Waals surface area contributed by atoms with Crippen LogP contribution in [0.2, 0.25) is 0 Å². The minimum atomic E-state index is -0.453. The molecule has 0 aliphatic rings. The normalized spacial score (nSPS) is 11.2. The monoisotopic (exact) mass is 400 g/mol. The van der Waals surface area contributed by atoms with Gasteiger partial charge in [-0.25, -0.2) is 19.3 Å². The maximum Gasteiger partial charge on any atom is 0.263 e. The number of hydrogen-bond acceptors (Lipinski definition) is 5. The van der Waals surface area contributed by atoms with E-state index in [2.05, 4.69) is 25.3 Å². The Morgan fingerprint density at radius 2 is 1.93 bits per heavy atom. The molecular formula is C22H17FN6O. The lowest BCUT2D eigenvalue weighted by Crippen LogP contribution is -2.19. The number of fused-ring (bicyclic) bond motifs is 2. The van der Waals surface area contributed by atoms with Crippen LogP contribution < -0.4 is 10.9 Å². The molecule has 5 rings (SSSR count). The highest BCUT2D eigenvalue weighted by Gasteiger charge is 2.14. The number of halogens is 1.